The molecule has 2 fully saturated rings. The van der Waals surface area contributed by atoms with Crippen LogP contribution in [0, 0.1) is 13.8 Å². The fraction of sp³-hybridized carbons (Fsp3) is 0.667. The van der Waals surface area contributed by atoms with Gasteiger partial charge in [0.1, 0.15) is 10.6 Å². The Kier molecular flexibility index (Phi) is 5.43. The van der Waals surface area contributed by atoms with E-state index in [4.69, 9.17) is 4.52 Å². The first kappa shape index (κ1) is 20.0. The number of rotatable bonds is 6. The van der Waals surface area contributed by atoms with Gasteiger partial charge in [-0.2, -0.15) is 4.31 Å². The van der Waals surface area contributed by atoms with E-state index in [2.05, 4.69) is 20.8 Å². The molecule has 2 aromatic rings. The molecule has 0 radical (unpaired) electrons. The lowest BCUT2D eigenvalue weighted by Crippen LogP contribution is -2.38. The molecular formula is C18H26N6O4S. The van der Waals surface area contributed by atoms with Crippen LogP contribution < -0.4 is 5.32 Å². The van der Waals surface area contributed by atoms with Crippen LogP contribution in [0.25, 0.3) is 0 Å². The van der Waals surface area contributed by atoms with Gasteiger partial charge in [-0.25, -0.2) is 8.42 Å². The summed E-state index contributed by atoms with van der Waals surface area (Å²) in [7, 11) is -3.71. The van der Waals surface area contributed by atoms with Gasteiger partial charge >= 0.3 is 0 Å². The molecule has 1 atom stereocenters. The highest BCUT2D eigenvalue weighted by Crippen LogP contribution is 2.30. The average molecular weight is 423 g/mol. The minimum atomic E-state index is -3.71. The number of nitrogens with one attached hydrogen (secondary N) is 1. The van der Waals surface area contributed by atoms with Crippen LogP contribution in [0.2, 0.25) is 0 Å². The quantitative estimate of drug-likeness (QED) is 0.746. The van der Waals surface area contributed by atoms with Crippen molar-refractivity contribution < 1.29 is 17.7 Å². The molecule has 10 nitrogen and oxygen atoms in total. The van der Waals surface area contributed by atoms with E-state index < -0.39 is 10.0 Å². The molecule has 1 N–H and O–H groups in total. The van der Waals surface area contributed by atoms with E-state index in [1.54, 1.807) is 24.7 Å². The molecule has 1 saturated heterocycles. The molecular weight excluding hydrogens is 396 g/mol. The zero-order valence-electron chi connectivity index (χ0n) is 16.7. The topological polar surface area (TPSA) is 123 Å². The minimum absolute atomic E-state index is 0.139. The molecule has 0 bridgehead atoms. The Morgan fingerprint density at radius 1 is 1.24 bits per heavy atom. The lowest BCUT2D eigenvalue weighted by Gasteiger charge is -2.23. The number of carbonyl (C=O) groups excluding carboxylic acids is 1. The maximum Gasteiger partial charge on any atom is 0.273 e. The van der Waals surface area contributed by atoms with Crippen molar-refractivity contribution in [3.63, 3.8) is 0 Å². The van der Waals surface area contributed by atoms with Crippen molar-refractivity contribution in [1.82, 2.24) is 29.8 Å². The lowest BCUT2D eigenvalue weighted by molar-refractivity contribution is 0.0932. The minimum Gasteiger partial charge on any atom is -0.360 e. The molecule has 11 heteroatoms. The van der Waals surface area contributed by atoms with Crippen LogP contribution in [-0.2, 0) is 16.6 Å². The fourth-order valence-electron chi connectivity index (χ4n) is 4.31. The molecule has 158 valence electrons. The van der Waals surface area contributed by atoms with Crippen molar-refractivity contribution in [2.75, 3.05) is 6.54 Å². The SMILES string of the molecule is Cc1noc(C)c1S(=O)(=O)N1CCC[C@H]1Cn1cc(C(=O)NC2CCCC2)nn1. The summed E-state index contributed by atoms with van der Waals surface area (Å²) in [4.78, 5) is 12.5. The molecule has 0 aromatic carbocycles. The number of aromatic nitrogens is 4. The normalized spacial score (nSPS) is 21.1. The molecule has 4 rings (SSSR count). The van der Waals surface area contributed by atoms with Gasteiger partial charge in [0.2, 0.25) is 10.0 Å². The summed E-state index contributed by atoms with van der Waals surface area (Å²) >= 11 is 0. The smallest absolute Gasteiger partial charge is 0.273 e. The molecule has 1 amide bonds. The molecule has 29 heavy (non-hydrogen) atoms. The number of hydrogen-bond donors (Lipinski definition) is 1. The number of nitrogens with zero attached hydrogens (tertiary/aromatic N) is 5. The third-order valence-electron chi connectivity index (χ3n) is 5.72. The monoisotopic (exact) mass is 422 g/mol. The van der Waals surface area contributed by atoms with E-state index in [-0.39, 0.29) is 28.6 Å². The van der Waals surface area contributed by atoms with E-state index in [0.717, 1.165) is 32.1 Å². The molecule has 1 aliphatic heterocycles. The van der Waals surface area contributed by atoms with Gasteiger partial charge in [0.05, 0.1) is 12.7 Å². The van der Waals surface area contributed by atoms with Crippen molar-refractivity contribution in [3.05, 3.63) is 23.3 Å². The summed E-state index contributed by atoms with van der Waals surface area (Å²) in [5, 5.41) is 14.8. The Morgan fingerprint density at radius 3 is 2.69 bits per heavy atom. The first-order chi connectivity index (χ1) is 13.9. The summed E-state index contributed by atoms with van der Waals surface area (Å²) in [6.07, 6.45) is 7.32. The molecule has 1 saturated carbocycles. The largest absolute Gasteiger partial charge is 0.360 e. The van der Waals surface area contributed by atoms with E-state index in [1.807, 2.05) is 0 Å². The lowest BCUT2D eigenvalue weighted by atomic mass is 10.2. The van der Waals surface area contributed by atoms with E-state index >= 15 is 0 Å². The zero-order chi connectivity index (χ0) is 20.6. The molecule has 3 heterocycles. The molecule has 1 aliphatic carbocycles. The van der Waals surface area contributed by atoms with Crippen molar-refractivity contribution in [2.45, 2.75) is 75.9 Å². The zero-order valence-corrected chi connectivity index (χ0v) is 17.5. The fourth-order valence-corrected chi connectivity index (χ4v) is 6.28. The van der Waals surface area contributed by atoms with Gasteiger partial charge in [-0.3, -0.25) is 9.48 Å². The van der Waals surface area contributed by atoms with Gasteiger partial charge in [-0.1, -0.05) is 23.2 Å². The Balaban J connectivity index is 1.46. The van der Waals surface area contributed by atoms with Crippen molar-refractivity contribution in [3.8, 4) is 0 Å². The van der Waals surface area contributed by atoms with Crippen molar-refractivity contribution in [2.24, 2.45) is 0 Å². The number of aryl methyl sites for hydroxylation is 2. The highest BCUT2D eigenvalue weighted by atomic mass is 32.2. The van der Waals surface area contributed by atoms with E-state index in [0.29, 0.717) is 31.0 Å². The molecule has 0 spiro atoms. The van der Waals surface area contributed by atoms with Crippen molar-refractivity contribution in [1.29, 1.82) is 0 Å². The van der Waals surface area contributed by atoms with E-state index in [9.17, 15) is 13.2 Å². The first-order valence-electron chi connectivity index (χ1n) is 10.0. The third-order valence-corrected chi connectivity index (χ3v) is 7.91. The van der Waals surface area contributed by atoms with Crippen LogP contribution in [0.3, 0.4) is 0 Å². The van der Waals surface area contributed by atoms with Crippen LogP contribution in [0.15, 0.2) is 15.6 Å². The highest BCUT2D eigenvalue weighted by molar-refractivity contribution is 7.89. The van der Waals surface area contributed by atoms with Gasteiger partial charge < -0.3 is 9.84 Å². The number of amides is 1. The number of carbonyl (C=O) groups is 1. The third kappa shape index (κ3) is 3.93. The first-order valence-corrected chi connectivity index (χ1v) is 11.5. The Bertz CT molecular complexity index is 972. The Labute approximate surface area is 169 Å². The average Bonchev–Trinajstić information content (AvgIpc) is 3.44. The van der Waals surface area contributed by atoms with Crippen LogP contribution in [0.5, 0.6) is 0 Å². The second-order valence-electron chi connectivity index (χ2n) is 7.85. The van der Waals surface area contributed by atoms with E-state index in [1.165, 1.54) is 4.31 Å². The number of sulfonamides is 1. The second kappa shape index (κ2) is 7.86. The van der Waals surface area contributed by atoms with Crippen molar-refractivity contribution >= 4 is 15.9 Å². The van der Waals surface area contributed by atoms with Gasteiger partial charge in [0, 0.05) is 18.6 Å². The standard InChI is InChI=1S/C18H26N6O4S/c1-12-17(13(2)28-21-12)29(26,27)24-9-5-8-15(24)10-23-11-16(20-22-23)18(25)19-14-6-3-4-7-14/h11,14-15H,3-10H2,1-2H3,(H,19,25)/t15-/m0/s1. The highest BCUT2D eigenvalue weighted by Gasteiger charge is 2.39. The number of hydrogen-bond acceptors (Lipinski definition) is 7. The van der Waals surface area contributed by atoms with Gasteiger partial charge in [0.25, 0.3) is 5.91 Å². The van der Waals surface area contributed by atoms with Gasteiger partial charge in [-0.15, -0.1) is 5.10 Å². The summed E-state index contributed by atoms with van der Waals surface area (Å²) < 4.78 is 34.4. The maximum atomic E-state index is 13.2. The predicted molar refractivity (Wildman–Crippen MR) is 103 cm³/mol. The summed E-state index contributed by atoms with van der Waals surface area (Å²) in [6.45, 7) is 4.00. The summed E-state index contributed by atoms with van der Waals surface area (Å²) in [6, 6.07) is -0.0562. The second-order valence-corrected chi connectivity index (χ2v) is 9.67. The molecule has 2 aromatic heterocycles. The Morgan fingerprint density at radius 2 is 2.00 bits per heavy atom. The van der Waals surface area contributed by atoms with Crippen LogP contribution in [-0.4, -0.2) is 57.4 Å². The van der Waals surface area contributed by atoms with Gasteiger partial charge in [0.15, 0.2) is 11.5 Å². The summed E-state index contributed by atoms with van der Waals surface area (Å²) in [5.74, 6) is 0.0644. The van der Waals surface area contributed by atoms with Gasteiger partial charge in [-0.05, 0) is 39.5 Å². The predicted octanol–water partition coefficient (Wildman–Crippen LogP) is 1.41. The van der Waals surface area contributed by atoms with Crippen LogP contribution >= 0.6 is 0 Å². The molecule has 0 unspecified atom stereocenters. The Hall–Kier alpha value is -2.27. The van der Waals surface area contributed by atoms with Crippen LogP contribution in [0.1, 0.15) is 60.5 Å². The molecule has 2 aliphatic rings. The summed E-state index contributed by atoms with van der Waals surface area (Å²) in [5.41, 5.74) is 0.620. The van der Waals surface area contributed by atoms with Crippen LogP contribution in [0.4, 0.5) is 0 Å². The maximum absolute atomic E-state index is 13.2.